The number of carbonyl (C=O) groups is 2. The standard InChI is InChI=1S/C24H36ClNO7/c1-6-24(22(29)30)18(13-31-14-19(32-7-2)33-8-3)26-15(4)23(5,21(27)28)20(24)16-11-9-10-12-17(16)25/h9-12,15,18-20,26H,6-8,13-14H2,1-5H3,(H,27,28)(H,29,30)/t15-,18+,20-,23+,24-/m1/s1. The van der Waals surface area contributed by atoms with E-state index in [9.17, 15) is 19.8 Å². The first-order valence-electron chi connectivity index (χ1n) is 11.4. The van der Waals surface area contributed by atoms with Crippen LogP contribution >= 0.6 is 11.6 Å². The van der Waals surface area contributed by atoms with Gasteiger partial charge in [-0.1, -0.05) is 36.7 Å². The molecule has 1 fully saturated rings. The summed E-state index contributed by atoms with van der Waals surface area (Å²) in [5.74, 6) is -3.08. The summed E-state index contributed by atoms with van der Waals surface area (Å²) in [6.45, 7) is 9.88. The minimum Gasteiger partial charge on any atom is -0.481 e. The molecule has 1 aliphatic heterocycles. The lowest BCUT2D eigenvalue weighted by atomic mass is 9.51. The second kappa shape index (κ2) is 11.6. The van der Waals surface area contributed by atoms with E-state index in [0.717, 1.165) is 0 Å². The van der Waals surface area contributed by atoms with Crippen LogP contribution in [0, 0.1) is 10.8 Å². The molecule has 0 aromatic heterocycles. The fraction of sp³-hybridized carbons (Fsp3) is 0.667. The molecule has 0 aliphatic carbocycles. The number of halogens is 1. The number of carboxylic acid groups (broad SMARTS) is 2. The Morgan fingerprint density at radius 1 is 1.12 bits per heavy atom. The van der Waals surface area contributed by atoms with Gasteiger partial charge < -0.3 is 29.7 Å². The van der Waals surface area contributed by atoms with Gasteiger partial charge in [-0.2, -0.15) is 0 Å². The molecule has 2 rings (SSSR count). The van der Waals surface area contributed by atoms with Gasteiger partial charge in [0.05, 0.1) is 24.0 Å². The summed E-state index contributed by atoms with van der Waals surface area (Å²) in [5.41, 5.74) is -2.42. The monoisotopic (exact) mass is 485 g/mol. The van der Waals surface area contributed by atoms with Crippen molar-refractivity contribution in [2.24, 2.45) is 10.8 Å². The SMILES string of the molecule is CCOC(COC[C@@H]1N[C@H](C)[C@](C)(C(=O)O)[C@@H](c2ccccc2Cl)[C@]1(CC)C(=O)O)OCC. The van der Waals surface area contributed by atoms with Crippen LogP contribution in [0.5, 0.6) is 0 Å². The Morgan fingerprint density at radius 2 is 1.73 bits per heavy atom. The number of piperidine rings is 1. The lowest BCUT2D eigenvalue weighted by molar-refractivity contribution is -0.182. The molecule has 1 heterocycles. The second-order valence-corrected chi connectivity index (χ2v) is 8.97. The number of ether oxygens (including phenoxy) is 3. The second-order valence-electron chi connectivity index (χ2n) is 8.56. The van der Waals surface area contributed by atoms with Gasteiger partial charge in [-0.15, -0.1) is 0 Å². The van der Waals surface area contributed by atoms with E-state index >= 15 is 0 Å². The minimum atomic E-state index is -1.49. The van der Waals surface area contributed by atoms with E-state index in [1.165, 1.54) is 0 Å². The lowest BCUT2D eigenvalue weighted by Crippen LogP contribution is -2.70. The normalized spacial score (nSPS) is 29.8. The van der Waals surface area contributed by atoms with Crippen LogP contribution in [0.15, 0.2) is 24.3 Å². The van der Waals surface area contributed by atoms with Crippen LogP contribution in [-0.4, -0.2) is 67.0 Å². The van der Waals surface area contributed by atoms with E-state index in [-0.39, 0.29) is 19.6 Å². The van der Waals surface area contributed by atoms with Crippen LogP contribution in [0.3, 0.4) is 0 Å². The van der Waals surface area contributed by atoms with E-state index in [4.69, 9.17) is 25.8 Å². The van der Waals surface area contributed by atoms with Crippen molar-refractivity contribution in [2.75, 3.05) is 26.4 Å². The van der Waals surface area contributed by atoms with Gasteiger partial charge >= 0.3 is 11.9 Å². The van der Waals surface area contributed by atoms with E-state index < -0.39 is 47.1 Å². The lowest BCUT2D eigenvalue weighted by Gasteiger charge is -2.56. The Morgan fingerprint density at radius 3 is 2.21 bits per heavy atom. The Hall–Kier alpha value is -1.71. The van der Waals surface area contributed by atoms with E-state index in [2.05, 4.69) is 5.32 Å². The third kappa shape index (κ3) is 5.20. The topological polar surface area (TPSA) is 114 Å². The Kier molecular flexibility index (Phi) is 9.70. The van der Waals surface area contributed by atoms with Gasteiger partial charge in [-0.3, -0.25) is 9.59 Å². The number of benzene rings is 1. The average molecular weight is 486 g/mol. The number of hydrogen-bond donors (Lipinski definition) is 3. The van der Waals surface area contributed by atoms with Gasteiger partial charge in [-0.05, 0) is 45.7 Å². The molecule has 9 heteroatoms. The molecule has 3 N–H and O–H groups in total. The molecule has 8 nitrogen and oxygen atoms in total. The van der Waals surface area contributed by atoms with E-state index in [1.807, 2.05) is 13.8 Å². The Bertz CT molecular complexity index is 816. The van der Waals surface area contributed by atoms with Crippen molar-refractivity contribution in [1.82, 2.24) is 5.32 Å². The molecule has 1 aromatic rings. The molecule has 0 spiro atoms. The summed E-state index contributed by atoms with van der Waals surface area (Å²) in [4.78, 5) is 25.6. The van der Waals surface area contributed by atoms with Crippen LogP contribution < -0.4 is 5.32 Å². The highest BCUT2D eigenvalue weighted by atomic mass is 35.5. The third-order valence-corrected chi connectivity index (χ3v) is 7.34. The molecular weight excluding hydrogens is 450 g/mol. The third-order valence-electron chi connectivity index (χ3n) is 6.99. The zero-order valence-electron chi connectivity index (χ0n) is 20.0. The number of carboxylic acids is 2. The fourth-order valence-electron chi connectivity index (χ4n) is 5.10. The van der Waals surface area contributed by atoms with Crippen molar-refractivity contribution in [2.45, 2.75) is 65.3 Å². The molecule has 1 aromatic carbocycles. The molecule has 186 valence electrons. The fourth-order valence-corrected chi connectivity index (χ4v) is 5.34. The molecule has 0 bridgehead atoms. The number of hydrogen-bond acceptors (Lipinski definition) is 6. The van der Waals surface area contributed by atoms with Gasteiger partial charge in [-0.25, -0.2) is 0 Å². The molecule has 0 saturated carbocycles. The molecule has 0 radical (unpaired) electrons. The Balaban J connectivity index is 2.53. The van der Waals surface area contributed by atoms with Crippen LogP contribution in [0.2, 0.25) is 5.02 Å². The van der Waals surface area contributed by atoms with Crippen LogP contribution in [0.4, 0.5) is 0 Å². The van der Waals surface area contributed by atoms with Crippen LogP contribution in [0.25, 0.3) is 0 Å². The maximum atomic E-state index is 13.0. The molecule has 0 amide bonds. The molecule has 0 unspecified atom stereocenters. The van der Waals surface area contributed by atoms with E-state index in [0.29, 0.717) is 23.8 Å². The number of aliphatic carboxylic acids is 2. The maximum absolute atomic E-state index is 13.0. The minimum absolute atomic E-state index is 0.0395. The molecule has 1 saturated heterocycles. The highest BCUT2D eigenvalue weighted by Crippen LogP contribution is 2.58. The summed E-state index contributed by atoms with van der Waals surface area (Å²) in [6.07, 6.45) is -0.389. The Labute approximate surface area is 200 Å². The van der Waals surface area contributed by atoms with Crippen LogP contribution in [-0.2, 0) is 23.8 Å². The number of rotatable bonds is 12. The predicted octanol–water partition coefficient (Wildman–Crippen LogP) is 3.77. The predicted molar refractivity (Wildman–Crippen MR) is 125 cm³/mol. The molecule has 5 atom stereocenters. The first-order chi connectivity index (χ1) is 15.6. The van der Waals surface area contributed by atoms with Gasteiger partial charge in [0, 0.05) is 36.2 Å². The van der Waals surface area contributed by atoms with Crippen molar-refractivity contribution in [1.29, 1.82) is 0 Å². The highest BCUT2D eigenvalue weighted by Gasteiger charge is 2.65. The average Bonchev–Trinajstić information content (AvgIpc) is 2.76. The quantitative estimate of drug-likeness (QED) is 0.383. The zero-order valence-corrected chi connectivity index (χ0v) is 20.7. The van der Waals surface area contributed by atoms with Gasteiger partial charge in [0.1, 0.15) is 0 Å². The number of nitrogens with one attached hydrogen (secondary N) is 1. The highest BCUT2D eigenvalue weighted by molar-refractivity contribution is 6.31. The van der Waals surface area contributed by atoms with E-state index in [1.54, 1.807) is 45.0 Å². The largest absolute Gasteiger partial charge is 0.481 e. The molecular formula is C24H36ClNO7. The molecule has 1 aliphatic rings. The molecule has 33 heavy (non-hydrogen) atoms. The first kappa shape index (κ1) is 27.5. The smallest absolute Gasteiger partial charge is 0.311 e. The van der Waals surface area contributed by atoms with Crippen molar-refractivity contribution in [3.8, 4) is 0 Å². The summed E-state index contributed by atoms with van der Waals surface area (Å²) < 4.78 is 16.9. The summed E-state index contributed by atoms with van der Waals surface area (Å²) in [6, 6.07) is 5.64. The van der Waals surface area contributed by atoms with Crippen molar-refractivity contribution >= 4 is 23.5 Å². The van der Waals surface area contributed by atoms with Gasteiger partial charge in [0.25, 0.3) is 0 Å². The summed E-state index contributed by atoms with van der Waals surface area (Å²) in [7, 11) is 0. The van der Waals surface area contributed by atoms with Crippen molar-refractivity contribution in [3.05, 3.63) is 34.9 Å². The first-order valence-corrected chi connectivity index (χ1v) is 11.8. The van der Waals surface area contributed by atoms with Crippen molar-refractivity contribution in [3.63, 3.8) is 0 Å². The van der Waals surface area contributed by atoms with Crippen LogP contribution in [0.1, 0.15) is 52.5 Å². The van der Waals surface area contributed by atoms with Gasteiger partial charge in [0.2, 0.25) is 0 Å². The van der Waals surface area contributed by atoms with Gasteiger partial charge in [0.15, 0.2) is 6.29 Å². The zero-order chi connectivity index (χ0) is 24.8. The van der Waals surface area contributed by atoms with Crippen molar-refractivity contribution < 1.29 is 34.0 Å². The maximum Gasteiger partial charge on any atom is 0.311 e. The summed E-state index contributed by atoms with van der Waals surface area (Å²) in [5, 5.41) is 24.5. The summed E-state index contributed by atoms with van der Waals surface area (Å²) >= 11 is 6.52.